The van der Waals surface area contributed by atoms with Crippen LogP contribution in [0.4, 0.5) is 0 Å². The van der Waals surface area contributed by atoms with Gasteiger partial charge in [-0.05, 0) is 38.0 Å². The zero-order valence-corrected chi connectivity index (χ0v) is 10.6. The van der Waals surface area contributed by atoms with Crippen LogP contribution in [-0.4, -0.2) is 4.98 Å². The summed E-state index contributed by atoms with van der Waals surface area (Å²) < 4.78 is 5.76. The van der Waals surface area contributed by atoms with E-state index in [4.69, 9.17) is 4.74 Å². The van der Waals surface area contributed by atoms with Crippen molar-refractivity contribution in [3.8, 4) is 5.75 Å². The number of hydrogen-bond acceptors (Lipinski definition) is 3. The molecule has 16 heavy (non-hydrogen) atoms. The highest BCUT2D eigenvalue weighted by Crippen LogP contribution is 2.20. The molecule has 1 aromatic carbocycles. The molecule has 0 bridgehead atoms. The normalized spacial score (nSPS) is 10.4. The van der Waals surface area contributed by atoms with Crippen LogP contribution in [0.1, 0.15) is 21.8 Å². The standard InChI is InChI=1S/C13H15NOS/c1-9-4-5-10(2)13(6-9)15-7-12-8-16-11(3)14-12/h4-6,8H,7H2,1-3H3. The maximum absolute atomic E-state index is 5.76. The van der Waals surface area contributed by atoms with Crippen LogP contribution in [0.5, 0.6) is 5.75 Å². The minimum atomic E-state index is 0.550. The van der Waals surface area contributed by atoms with Crippen LogP contribution in [0.2, 0.25) is 0 Å². The fourth-order valence-corrected chi connectivity index (χ4v) is 2.09. The van der Waals surface area contributed by atoms with Gasteiger partial charge in [0.2, 0.25) is 0 Å². The molecule has 0 spiro atoms. The summed E-state index contributed by atoms with van der Waals surface area (Å²) in [4.78, 5) is 4.37. The zero-order chi connectivity index (χ0) is 11.5. The maximum atomic E-state index is 5.76. The first-order chi connectivity index (χ1) is 7.65. The minimum absolute atomic E-state index is 0.550. The summed E-state index contributed by atoms with van der Waals surface area (Å²) in [5.74, 6) is 0.950. The van der Waals surface area contributed by atoms with E-state index in [1.54, 1.807) is 11.3 Å². The van der Waals surface area contributed by atoms with E-state index < -0.39 is 0 Å². The van der Waals surface area contributed by atoms with E-state index in [1.165, 1.54) is 5.56 Å². The molecule has 0 saturated carbocycles. The Morgan fingerprint density at radius 3 is 2.75 bits per heavy atom. The van der Waals surface area contributed by atoms with Crippen LogP contribution in [0, 0.1) is 20.8 Å². The Labute approximate surface area is 99.9 Å². The van der Waals surface area contributed by atoms with Gasteiger partial charge in [-0.25, -0.2) is 4.98 Å². The van der Waals surface area contributed by atoms with Crippen LogP contribution in [0.25, 0.3) is 0 Å². The molecule has 0 saturated heterocycles. The molecule has 84 valence electrons. The average molecular weight is 233 g/mol. The Bertz CT molecular complexity index is 490. The zero-order valence-electron chi connectivity index (χ0n) is 9.78. The highest BCUT2D eigenvalue weighted by molar-refractivity contribution is 7.09. The lowest BCUT2D eigenvalue weighted by molar-refractivity contribution is 0.299. The van der Waals surface area contributed by atoms with Crippen molar-refractivity contribution in [2.75, 3.05) is 0 Å². The lowest BCUT2D eigenvalue weighted by Crippen LogP contribution is -1.97. The van der Waals surface area contributed by atoms with Gasteiger partial charge in [-0.15, -0.1) is 11.3 Å². The molecule has 0 aliphatic heterocycles. The fourth-order valence-electron chi connectivity index (χ4n) is 1.49. The first kappa shape index (κ1) is 11.1. The fraction of sp³-hybridized carbons (Fsp3) is 0.308. The van der Waals surface area contributed by atoms with Gasteiger partial charge in [-0.3, -0.25) is 0 Å². The molecule has 3 heteroatoms. The van der Waals surface area contributed by atoms with E-state index >= 15 is 0 Å². The van der Waals surface area contributed by atoms with E-state index in [2.05, 4.69) is 37.0 Å². The topological polar surface area (TPSA) is 22.1 Å². The summed E-state index contributed by atoms with van der Waals surface area (Å²) in [5, 5.41) is 3.13. The second kappa shape index (κ2) is 4.66. The number of nitrogens with zero attached hydrogens (tertiary/aromatic N) is 1. The van der Waals surface area contributed by atoms with Crippen molar-refractivity contribution in [2.45, 2.75) is 27.4 Å². The van der Waals surface area contributed by atoms with Crippen LogP contribution in [0.3, 0.4) is 0 Å². The maximum Gasteiger partial charge on any atom is 0.131 e. The van der Waals surface area contributed by atoms with E-state index in [0.717, 1.165) is 22.0 Å². The summed E-state index contributed by atoms with van der Waals surface area (Å²) in [5.41, 5.74) is 3.39. The van der Waals surface area contributed by atoms with Crippen molar-refractivity contribution < 1.29 is 4.74 Å². The van der Waals surface area contributed by atoms with Crippen molar-refractivity contribution in [2.24, 2.45) is 0 Å². The Hall–Kier alpha value is -1.35. The molecule has 0 N–H and O–H groups in total. The number of hydrogen-bond donors (Lipinski definition) is 0. The van der Waals surface area contributed by atoms with Gasteiger partial charge in [0.25, 0.3) is 0 Å². The van der Waals surface area contributed by atoms with E-state index in [1.807, 2.05) is 12.3 Å². The number of benzene rings is 1. The number of aromatic nitrogens is 1. The van der Waals surface area contributed by atoms with Crippen molar-refractivity contribution in [1.82, 2.24) is 4.98 Å². The van der Waals surface area contributed by atoms with Crippen LogP contribution >= 0.6 is 11.3 Å². The van der Waals surface area contributed by atoms with Crippen molar-refractivity contribution in [3.05, 3.63) is 45.4 Å². The minimum Gasteiger partial charge on any atom is -0.487 e. The van der Waals surface area contributed by atoms with Gasteiger partial charge >= 0.3 is 0 Å². The van der Waals surface area contributed by atoms with E-state index in [0.29, 0.717) is 6.61 Å². The van der Waals surface area contributed by atoms with Crippen LogP contribution < -0.4 is 4.74 Å². The van der Waals surface area contributed by atoms with Crippen LogP contribution in [0.15, 0.2) is 23.6 Å². The Kier molecular flexibility index (Phi) is 3.25. The molecule has 0 aliphatic rings. The van der Waals surface area contributed by atoms with Gasteiger partial charge in [0, 0.05) is 5.38 Å². The number of ether oxygens (including phenoxy) is 1. The van der Waals surface area contributed by atoms with E-state index in [9.17, 15) is 0 Å². The molecule has 1 aromatic heterocycles. The van der Waals surface area contributed by atoms with E-state index in [-0.39, 0.29) is 0 Å². The Balaban J connectivity index is 2.07. The smallest absolute Gasteiger partial charge is 0.131 e. The van der Waals surface area contributed by atoms with Crippen molar-refractivity contribution >= 4 is 11.3 Å². The Morgan fingerprint density at radius 2 is 2.06 bits per heavy atom. The molecule has 0 radical (unpaired) electrons. The third-order valence-electron chi connectivity index (χ3n) is 2.39. The summed E-state index contributed by atoms with van der Waals surface area (Å²) >= 11 is 1.66. The Morgan fingerprint density at radius 1 is 1.25 bits per heavy atom. The quantitative estimate of drug-likeness (QED) is 0.807. The average Bonchev–Trinajstić information content (AvgIpc) is 2.66. The van der Waals surface area contributed by atoms with Crippen LogP contribution in [-0.2, 0) is 6.61 Å². The van der Waals surface area contributed by atoms with Gasteiger partial charge in [0.05, 0.1) is 10.7 Å². The number of rotatable bonds is 3. The molecule has 2 rings (SSSR count). The highest BCUT2D eigenvalue weighted by Gasteiger charge is 2.02. The first-order valence-electron chi connectivity index (χ1n) is 5.26. The summed E-state index contributed by atoms with van der Waals surface area (Å²) in [6.45, 7) is 6.68. The molecule has 2 aromatic rings. The third-order valence-corrected chi connectivity index (χ3v) is 3.21. The third kappa shape index (κ3) is 2.61. The van der Waals surface area contributed by atoms with Crippen molar-refractivity contribution in [3.63, 3.8) is 0 Å². The molecular weight excluding hydrogens is 218 g/mol. The summed E-state index contributed by atoms with van der Waals surface area (Å²) in [6.07, 6.45) is 0. The second-order valence-corrected chi connectivity index (χ2v) is 4.98. The second-order valence-electron chi connectivity index (χ2n) is 3.92. The lowest BCUT2D eigenvalue weighted by atomic mass is 10.1. The molecular formula is C13H15NOS. The highest BCUT2D eigenvalue weighted by atomic mass is 32.1. The van der Waals surface area contributed by atoms with Gasteiger partial charge in [0.15, 0.2) is 0 Å². The van der Waals surface area contributed by atoms with Crippen molar-refractivity contribution in [1.29, 1.82) is 0 Å². The predicted octanol–water partition coefficient (Wildman–Crippen LogP) is 3.65. The molecule has 0 unspecified atom stereocenters. The molecule has 2 nitrogen and oxygen atoms in total. The first-order valence-corrected chi connectivity index (χ1v) is 6.14. The number of aryl methyl sites for hydroxylation is 3. The van der Waals surface area contributed by atoms with Gasteiger partial charge in [-0.1, -0.05) is 12.1 Å². The number of thiazole rings is 1. The predicted molar refractivity (Wildman–Crippen MR) is 67.1 cm³/mol. The summed E-state index contributed by atoms with van der Waals surface area (Å²) in [7, 11) is 0. The van der Waals surface area contributed by atoms with Gasteiger partial charge in [-0.2, -0.15) is 0 Å². The SMILES string of the molecule is Cc1ccc(C)c(OCc2csc(C)n2)c1. The molecule has 0 atom stereocenters. The molecule has 1 heterocycles. The molecule has 0 amide bonds. The molecule has 0 aliphatic carbocycles. The molecule has 0 fully saturated rings. The lowest BCUT2D eigenvalue weighted by Gasteiger charge is -2.08. The summed E-state index contributed by atoms with van der Waals surface area (Å²) in [6, 6.07) is 6.24. The largest absolute Gasteiger partial charge is 0.487 e. The monoisotopic (exact) mass is 233 g/mol. The van der Waals surface area contributed by atoms with Gasteiger partial charge < -0.3 is 4.74 Å². The van der Waals surface area contributed by atoms with Gasteiger partial charge in [0.1, 0.15) is 12.4 Å².